The summed E-state index contributed by atoms with van der Waals surface area (Å²) in [5, 5.41) is -0.251. The van der Waals surface area contributed by atoms with Crippen molar-refractivity contribution in [3.05, 3.63) is 0 Å². The third-order valence-corrected chi connectivity index (χ3v) is 6.98. The predicted molar refractivity (Wildman–Crippen MR) is 81.8 cm³/mol. The third kappa shape index (κ3) is 5.07. The van der Waals surface area contributed by atoms with Gasteiger partial charge in [-0.1, -0.05) is 26.2 Å². The molecule has 0 heterocycles. The van der Waals surface area contributed by atoms with E-state index < -0.39 is 9.84 Å². The third-order valence-electron chi connectivity index (χ3n) is 4.74. The van der Waals surface area contributed by atoms with Crippen LogP contribution in [0.5, 0.6) is 0 Å². The zero-order chi connectivity index (χ0) is 14.5. The summed E-state index contributed by atoms with van der Waals surface area (Å²) in [5.74, 6) is 2.18. The second-order valence-electron chi connectivity index (χ2n) is 6.43. The van der Waals surface area contributed by atoms with Crippen molar-refractivity contribution in [2.45, 2.75) is 64.5 Å². The van der Waals surface area contributed by atoms with E-state index in [9.17, 15) is 8.42 Å². The molecule has 0 aromatic carbocycles. The molecule has 3 nitrogen and oxygen atoms in total. The van der Waals surface area contributed by atoms with Crippen LogP contribution in [0, 0.1) is 17.8 Å². The quantitative estimate of drug-likeness (QED) is 0.784. The maximum absolute atomic E-state index is 11.9. The first-order chi connectivity index (χ1) is 8.90. The minimum atomic E-state index is -2.90. The Labute approximate surface area is 119 Å². The summed E-state index contributed by atoms with van der Waals surface area (Å²) in [5.41, 5.74) is 5.86. The average Bonchev–Trinajstić information content (AvgIpc) is 2.37. The van der Waals surface area contributed by atoms with Gasteiger partial charge in [-0.15, -0.1) is 0 Å². The molecular weight excluding hydrogens is 258 g/mol. The molecule has 1 rings (SSSR count). The largest absolute Gasteiger partial charge is 0.330 e. The van der Waals surface area contributed by atoms with Crippen LogP contribution in [-0.2, 0) is 9.84 Å². The van der Waals surface area contributed by atoms with E-state index in [2.05, 4.69) is 6.92 Å². The van der Waals surface area contributed by atoms with E-state index >= 15 is 0 Å². The lowest BCUT2D eigenvalue weighted by molar-refractivity contribution is 0.172. The summed E-state index contributed by atoms with van der Waals surface area (Å²) in [6.07, 6.45) is 6.97. The molecule has 0 radical (unpaired) electrons. The summed E-state index contributed by atoms with van der Waals surface area (Å²) >= 11 is 0. The summed E-state index contributed by atoms with van der Waals surface area (Å²) in [6, 6.07) is 0. The van der Waals surface area contributed by atoms with Gasteiger partial charge in [0.1, 0.15) is 0 Å². The number of sulfone groups is 1. The fourth-order valence-corrected chi connectivity index (χ4v) is 4.41. The molecule has 3 unspecified atom stereocenters. The molecule has 3 atom stereocenters. The predicted octanol–water partition coefficient (Wildman–Crippen LogP) is 2.99. The molecule has 1 aliphatic rings. The zero-order valence-corrected chi connectivity index (χ0v) is 13.6. The lowest BCUT2D eigenvalue weighted by Crippen LogP contribution is -2.32. The molecule has 1 aliphatic carbocycles. The highest BCUT2D eigenvalue weighted by Crippen LogP contribution is 2.37. The minimum Gasteiger partial charge on any atom is -0.330 e. The van der Waals surface area contributed by atoms with Crippen LogP contribution >= 0.6 is 0 Å². The number of rotatable bonds is 7. The van der Waals surface area contributed by atoms with Gasteiger partial charge in [-0.25, -0.2) is 8.42 Å². The number of hydrogen-bond donors (Lipinski definition) is 1. The van der Waals surface area contributed by atoms with Crippen LogP contribution < -0.4 is 5.73 Å². The van der Waals surface area contributed by atoms with E-state index in [1.165, 1.54) is 32.1 Å². The molecule has 4 heteroatoms. The molecule has 0 aromatic heterocycles. The molecule has 0 aromatic rings. The Hall–Kier alpha value is -0.0900. The SMILES string of the molecule is CCCC1CCC(CN)C(CCS(=O)(=O)C(C)C)C1. The normalized spacial score (nSPS) is 28.8. The Morgan fingerprint density at radius 1 is 1.16 bits per heavy atom. The Balaban J connectivity index is 2.56. The van der Waals surface area contributed by atoms with Crippen molar-refractivity contribution in [3.8, 4) is 0 Å². The lowest BCUT2D eigenvalue weighted by atomic mass is 9.72. The first kappa shape index (κ1) is 17.0. The van der Waals surface area contributed by atoms with Crippen molar-refractivity contribution < 1.29 is 8.42 Å². The Kier molecular flexibility index (Phi) is 6.81. The Morgan fingerprint density at radius 3 is 2.37 bits per heavy atom. The van der Waals surface area contributed by atoms with Gasteiger partial charge < -0.3 is 5.73 Å². The zero-order valence-electron chi connectivity index (χ0n) is 12.8. The van der Waals surface area contributed by atoms with Crippen molar-refractivity contribution >= 4 is 9.84 Å². The summed E-state index contributed by atoms with van der Waals surface area (Å²) < 4.78 is 23.9. The monoisotopic (exact) mass is 289 g/mol. The van der Waals surface area contributed by atoms with Crippen LogP contribution in [0.15, 0.2) is 0 Å². The van der Waals surface area contributed by atoms with Gasteiger partial charge in [-0.05, 0) is 57.4 Å². The second kappa shape index (κ2) is 7.63. The van der Waals surface area contributed by atoms with Crippen LogP contribution in [-0.4, -0.2) is 26.0 Å². The molecule has 0 spiro atoms. The van der Waals surface area contributed by atoms with E-state index in [0.717, 1.165) is 12.3 Å². The molecule has 0 amide bonds. The molecule has 0 aliphatic heterocycles. The summed E-state index contributed by atoms with van der Waals surface area (Å²) in [7, 11) is -2.90. The van der Waals surface area contributed by atoms with Gasteiger partial charge in [-0.3, -0.25) is 0 Å². The average molecular weight is 289 g/mol. The smallest absolute Gasteiger partial charge is 0.152 e. The second-order valence-corrected chi connectivity index (χ2v) is 9.10. The maximum atomic E-state index is 11.9. The van der Waals surface area contributed by atoms with Gasteiger partial charge in [0.25, 0.3) is 0 Å². The number of hydrogen-bond acceptors (Lipinski definition) is 3. The van der Waals surface area contributed by atoms with Crippen LogP contribution in [0.4, 0.5) is 0 Å². The molecule has 0 bridgehead atoms. The van der Waals surface area contributed by atoms with Gasteiger partial charge in [0.05, 0.1) is 11.0 Å². The van der Waals surface area contributed by atoms with Gasteiger partial charge in [0.2, 0.25) is 0 Å². The van der Waals surface area contributed by atoms with E-state index in [1.807, 2.05) is 0 Å². The number of nitrogens with two attached hydrogens (primary N) is 1. The molecular formula is C15H31NO2S. The highest BCUT2D eigenvalue weighted by atomic mass is 32.2. The van der Waals surface area contributed by atoms with Crippen molar-refractivity contribution in [1.82, 2.24) is 0 Å². The molecule has 1 fully saturated rings. The molecule has 2 N–H and O–H groups in total. The lowest BCUT2D eigenvalue weighted by Gasteiger charge is -2.36. The van der Waals surface area contributed by atoms with E-state index in [1.54, 1.807) is 13.8 Å². The van der Waals surface area contributed by atoms with Crippen LogP contribution in [0.3, 0.4) is 0 Å². The van der Waals surface area contributed by atoms with Gasteiger partial charge in [0.15, 0.2) is 9.84 Å². The standard InChI is InChI=1S/C15H31NO2S/c1-4-5-13-6-7-15(11-16)14(10-13)8-9-19(17,18)12(2)3/h12-15H,4-11,16H2,1-3H3. The van der Waals surface area contributed by atoms with Crippen molar-refractivity contribution in [2.75, 3.05) is 12.3 Å². The minimum absolute atomic E-state index is 0.251. The van der Waals surface area contributed by atoms with E-state index in [-0.39, 0.29) is 5.25 Å². The van der Waals surface area contributed by atoms with Crippen LogP contribution in [0.25, 0.3) is 0 Å². The first-order valence-electron chi connectivity index (χ1n) is 7.82. The van der Waals surface area contributed by atoms with Crippen molar-refractivity contribution in [3.63, 3.8) is 0 Å². The fraction of sp³-hybridized carbons (Fsp3) is 1.00. The van der Waals surface area contributed by atoms with Gasteiger partial charge in [-0.2, -0.15) is 0 Å². The van der Waals surface area contributed by atoms with Crippen LogP contribution in [0.2, 0.25) is 0 Å². The van der Waals surface area contributed by atoms with Gasteiger partial charge in [0, 0.05) is 0 Å². The molecule has 0 saturated heterocycles. The highest BCUT2D eigenvalue weighted by Gasteiger charge is 2.30. The highest BCUT2D eigenvalue weighted by molar-refractivity contribution is 7.91. The fourth-order valence-electron chi connectivity index (χ4n) is 3.31. The maximum Gasteiger partial charge on any atom is 0.152 e. The first-order valence-corrected chi connectivity index (χ1v) is 9.53. The van der Waals surface area contributed by atoms with E-state index in [4.69, 9.17) is 5.73 Å². The van der Waals surface area contributed by atoms with E-state index in [0.29, 0.717) is 24.1 Å². The summed E-state index contributed by atoms with van der Waals surface area (Å²) in [6.45, 7) is 6.49. The summed E-state index contributed by atoms with van der Waals surface area (Å²) in [4.78, 5) is 0. The Morgan fingerprint density at radius 2 is 1.84 bits per heavy atom. The topological polar surface area (TPSA) is 60.2 Å². The van der Waals surface area contributed by atoms with Gasteiger partial charge >= 0.3 is 0 Å². The molecule has 19 heavy (non-hydrogen) atoms. The van der Waals surface area contributed by atoms with Crippen LogP contribution in [0.1, 0.15) is 59.3 Å². The Bertz CT molecular complexity index is 351. The van der Waals surface area contributed by atoms with Crippen molar-refractivity contribution in [2.24, 2.45) is 23.5 Å². The van der Waals surface area contributed by atoms with Crippen molar-refractivity contribution in [1.29, 1.82) is 0 Å². The molecule has 1 saturated carbocycles. The molecule has 114 valence electrons.